The summed E-state index contributed by atoms with van der Waals surface area (Å²) >= 11 is 0. The van der Waals surface area contributed by atoms with Gasteiger partial charge in [0.05, 0.1) is 35.3 Å². The van der Waals surface area contributed by atoms with E-state index in [4.69, 9.17) is 4.52 Å². The molecular weight excluding hydrogens is 418 g/mol. The van der Waals surface area contributed by atoms with Gasteiger partial charge < -0.3 is 4.52 Å². The van der Waals surface area contributed by atoms with Crippen LogP contribution in [-0.2, 0) is 4.79 Å². The van der Waals surface area contributed by atoms with Crippen molar-refractivity contribution < 1.29 is 28.3 Å². The summed E-state index contributed by atoms with van der Waals surface area (Å²) in [6.45, 7) is 0.956. The molecule has 2 bridgehead atoms. The number of rotatable bonds is 4. The molecule has 0 saturated carbocycles. The van der Waals surface area contributed by atoms with Gasteiger partial charge >= 0.3 is 6.03 Å². The minimum Gasteiger partial charge on any atom is -0.353 e. The van der Waals surface area contributed by atoms with E-state index in [1.807, 2.05) is 4.90 Å². The number of non-ortho nitro benzene ring substituents is 1. The SMILES string of the molecule is O=C(c1ccno1)C1CN2CC3C(=O)N(c4ccc([N+](=O)[O-])c5ccccc45)C(=O)[N+]13C2. The van der Waals surface area contributed by atoms with E-state index < -0.39 is 28.9 Å². The van der Waals surface area contributed by atoms with Crippen LogP contribution in [0, 0.1) is 10.1 Å². The number of nitrogens with zero attached hydrogens (tertiary/aromatic N) is 5. The van der Waals surface area contributed by atoms with Crippen LogP contribution in [0.4, 0.5) is 16.2 Å². The van der Waals surface area contributed by atoms with Crippen LogP contribution in [0.1, 0.15) is 10.6 Å². The molecule has 3 amide bonds. The van der Waals surface area contributed by atoms with Gasteiger partial charge in [-0.3, -0.25) is 19.7 Å². The van der Waals surface area contributed by atoms with Crippen LogP contribution in [0.25, 0.3) is 10.8 Å². The van der Waals surface area contributed by atoms with Gasteiger partial charge in [0.15, 0.2) is 12.1 Å². The first-order valence-corrected chi connectivity index (χ1v) is 10.0. The van der Waals surface area contributed by atoms with Gasteiger partial charge in [-0.25, -0.2) is 14.2 Å². The van der Waals surface area contributed by atoms with E-state index in [0.717, 1.165) is 4.90 Å². The molecule has 4 unspecified atom stereocenters. The van der Waals surface area contributed by atoms with Gasteiger partial charge in [-0.1, -0.05) is 23.4 Å². The van der Waals surface area contributed by atoms with Crippen molar-refractivity contribution in [3.8, 4) is 0 Å². The number of carbonyl (C=O) groups is 3. The van der Waals surface area contributed by atoms with Gasteiger partial charge in [0, 0.05) is 17.5 Å². The smallest absolute Gasteiger partial charge is 0.353 e. The zero-order valence-electron chi connectivity index (χ0n) is 16.6. The number of piperazine rings is 1. The van der Waals surface area contributed by atoms with E-state index in [-0.39, 0.29) is 34.1 Å². The maximum Gasteiger partial charge on any atom is 0.433 e. The summed E-state index contributed by atoms with van der Waals surface area (Å²) in [6.07, 6.45) is 1.36. The number of Topliss-reactive ketones (excluding diaryl/α,β-unsaturated/α-hetero) is 1. The molecular formula is C21H16N5O6+. The molecule has 11 nitrogen and oxygen atoms in total. The zero-order chi connectivity index (χ0) is 22.2. The minimum atomic E-state index is -0.785. The van der Waals surface area contributed by atoms with Crippen molar-refractivity contribution in [1.82, 2.24) is 10.1 Å². The molecule has 160 valence electrons. The predicted octanol–water partition coefficient (Wildman–Crippen LogP) is 1.93. The summed E-state index contributed by atoms with van der Waals surface area (Å²) in [4.78, 5) is 54.5. The summed E-state index contributed by atoms with van der Waals surface area (Å²) < 4.78 is 4.71. The highest BCUT2D eigenvalue weighted by Gasteiger charge is 2.73. The number of imide groups is 1. The average Bonchev–Trinajstić information content (AvgIpc) is 3.56. The van der Waals surface area contributed by atoms with E-state index in [0.29, 0.717) is 23.9 Å². The molecule has 0 N–H and O–H groups in total. The maximum atomic E-state index is 13.8. The summed E-state index contributed by atoms with van der Waals surface area (Å²) in [5.41, 5.74) is 0.175. The third-order valence-electron chi connectivity index (χ3n) is 6.76. The molecule has 1 aromatic heterocycles. The second-order valence-corrected chi connectivity index (χ2v) is 8.24. The van der Waals surface area contributed by atoms with Crippen molar-refractivity contribution in [1.29, 1.82) is 0 Å². The summed E-state index contributed by atoms with van der Waals surface area (Å²) in [5.74, 6) is -0.729. The fraction of sp³-hybridized carbons (Fsp3) is 0.238. The zero-order valence-corrected chi connectivity index (χ0v) is 16.6. The van der Waals surface area contributed by atoms with Crippen LogP contribution in [0.5, 0.6) is 0 Å². The molecule has 3 fully saturated rings. The molecule has 3 aliphatic rings. The standard InChI is InChI=1S/C21H16N5O6/c27-19(18-7-8-22-32-18)16-9-23-10-17-20(28)24(21(29)26(16,17)11-23)14-5-6-15(25(30)31)13-4-2-1-3-12(13)14/h1-8,16-17H,9-11H2/q+1. The lowest BCUT2D eigenvalue weighted by Gasteiger charge is -2.32. The number of carbonyl (C=O) groups excluding carboxylic acids is 3. The number of aromatic nitrogens is 1. The summed E-state index contributed by atoms with van der Waals surface area (Å²) in [7, 11) is 0. The van der Waals surface area contributed by atoms with Gasteiger partial charge in [0.25, 0.3) is 17.4 Å². The van der Waals surface area contributed by atoms with Gasteiger partial charge in [-0.15, -0.1) is 0 Å². The Morgan fingerprint density at radius 2 is 1.91 bits per heavy atom. The Bertz CT molecular complexity index is 1340. The normalized spacial score (nSPS) is 28.5. The molecule has 3 saturated heterocycles. The Balaban J connectivity index is 1.48. The highest BCUT2D eigenvalue weighted by molar-refractivity contribution is 6.22. The van der Waals surface area contributed by atoms with Gasteiger partial charge in [-0.2, -0.15) is 4.90 Å². The quantitative estimate of drug-likeness (QED) is 0.200. The molecule has 3 aliphatic heterocycles. The number of hydrogen-bond donors (Lipinski definition) is 0. The van der Waals surface area contributed by atoms with Crippen LogP contribution in [0.3, 0.4) is 0 Å². The Morgan fingerprint density at radius 1 is 1.12 bits per heavy atom. The topological polar surface area (TPSA) is 127 Å². The summed E-state index contributed by atoms with van der Waals surface area (Å²) in [6, 6.07) is 8.76. The molecule has 3 aromatic rings. The van der Waals surface area contributed by atoms with E-state index >= 15 is 0 Å². The number of anilines is 1. The number of nitro benzene ring substituents is 1. The Kier molecular flexibility index (Phi) is 3.68. The Hall–Kier alpha value is -3.96. The predicted molar refractivity (Wildman–Crippen MR) is 109 cm³/mol. The van der Waals surface area contributed by atoms with Crippen molar-refractivity contribution in [2.45, 2.75) is 12.1 Å². The van der Waals surface area contributed by atoms with E-state index in [1.165, 1.54) is 24.4 Å². The third-order valence-corrected chi connectivity index (χ3v) is 6.76. The first-order chi connectivity index (χ1) is 15.4. The van der Waals surface area contributed by atoms with Gasteiger partial charge in [0.2, 0.25) is 5.76 Å². The lowest BCUT2D eigenvalue weighted by Crippen LogP contribution is -2.62. The molecule has 32 heavy (non-hydrogen) atoms. The number of quaternary nitrogens is 1. The fourth-order valence-corrected chi connectivity index (χ4v) is 5.39. The Morgan fingerprint density at radius 3 is 2.62 bits per heavy atom. The minimum absolute atomic E-state index is 0.0504. The van der Waals surface area contributed by atoms with E-state index in [9.17, 15) is 24.5 Å². The Labute approximate surface area is 180 Å². The molecule has 1 spiro atoms. The first-order valence-electron chi connectivity index (χ1n) is 10.0. The second-order valence-electron chi connectivity index (χ2n) is 8.24. The first kappa shape index (κ1) is 18.8. The highest BCUT2D eigenvalue weighted by atomic mass is 16.6. The molecule has 11 heteroatoms. The van der Waals surface area contributed by atoms with Crippen LogP contribution in [0.2, 0.25) is 0 Å². The van der Waals surface area contributed by atoms with Crippen LogP contribution < -0.4 is 4.90 Å². The molecule has 4 atom stereocenters. The summed E-state index contributed by atoms with van der Waals surface area (Å²) in [5, 5.41) is 15.8. The van der Waals surface area contributed by atoms with Crippen molar-refractivity contribution in [2.75, 3.05) is 24.7 Å². The van der Waals surface area contributed by atoms with Crippen molar-refractivity contribution in [2.24, 2.45) is 0 Å². The molecule has 4 heterocycles. The number of amides is 3. The number of nitro groups is 1. The van der Waals surface area contributed by atoms with Crippen molar-refractivity contribution in [3.63, 3.8) is 0 Å². The van der Waals surface area contributed by atoms with Crippen LogP contribution in [-0.4, -0.2) is 69.0 Å². The highest BCUT2D eigenvalue weighted by Crippen LogP contribution is 2.46. The van der Waals surface area contributed by atoms with Crippen molar-refractivity contribution in [3.05, 3.63) is 64.5 Å². The van der Waals surface area contributed by atoms with Crippen molar-refractivity contribution >= 4 is 39.9 Å². The van der Waals surface area contributed by atoms with Crippen LogP contribution >= 0.6 is 0 Å². The molecule has 6 rings (SSSR count). The number of ketones is 1. The number of urea groups is 1. The van der Waals surface area contributed by atoms with Crippen LogP contribution in [0.15, 0.2) is 53.2 Å². The largest absolute Gasteiger partial charge is 0.433 e. The monoisotopic (exact) mass is 434 g/mol. The average molecular weight is 434 g/mol. The number of fused-ring (bicyclic) bond motifs is 2. The second kappa shape index (κ2) is 6.28. The molecule has 2 aromatic carbocycles. The van der Waals surface area contributed by atoms with E-state index in [1.54, 1.807) is 24.3 Å². The maximum absolute atomic E-state index is 13.8. The molecule has 0 aliphatic carbocycles. The lowest BCUT2D eigenvalue weighted by molar-refractivity contribution is -0.852. The number of benzene rings is 2. The molecule has 0 radical (unpaired) electrons. The fourth-order valence-electron chi connectivity index (χ4n) is 5.39. The number of hydrogen-bond acceptors (Lipinski definition) is 8. The van der Waals surface area contributed by atoms with Gasteiger partial charge in [-0.05, 0) is 12.1 Å². The van der Waals surface area contributed by atoms with E-state index in [2.05, 4.69) is 5.16 Å². The third kappa shape index (κ3) is 2.21. The lowest BCUT2D eigenvalue weighted by atomic mass is 10.0. The van der Waals surface area contributed by atoms with Gasteiger partial charge in [0.1, 0.15) is 6.67 Å².